The summed E-state index contributed by atoms with van der Waals surface area (Å²) in [6.45, 7) is 5.89. The Balaban J connectivity index is 1.76. The third-order valence-corrected chi connectivity index (χ3v) is 4.83. The molecule has 108 valence electrons. The molecule has 3 aromatic heterocycles. The molecule has 7 heteroatoms. The minimum Gasteiger partial charge on any atom is -0.292 e. The minimum atomic E-state index is 0.109. The molecule has 21 heavy (non-hydrogen) atoms. The number of nitrogens with zero attached hydrogens (tertiary/aromatic N) is 4. The van der Waals surface area contributed by atoms with Crippen LogP contribution in [0.4, 0.5) is 0 Å². The quantitative estimate of drug-likeness (QED) is 0.546. The highest BCUT2D eigenvalue weighted by atomic mass is 32.2. The number of thioether (sulfide) groups is 1. The molecule has 3 rings (SSSR count). The Labute approximate surface area is 130 Å². The van der Waals surface area contributed by atoms with E-state index in [0.29, 0.717) is 16.7 Å². The zero-order valence-corrected chi connectivity index (χ0v) is 13.6. The molecule has 5 nitrogen and oxygen atoms in total. The fourth-order valence-corrected chi connectivity index (χ4v) is 3.59. The van der Waals surface area contributed by atoms with Gasteiger partial charge in [0.15, 0.2) is 5.78 Å². The van der Waals surface area contributed by atoms with Crippen LogP contribution in [-0.2, 0) is 0 Å². The number of Topliss-reactive ketones (excluding diaryl/α,β-unsaturated/α-hetero) is 1. The molecule has 0 aliphatic carbocycles. The lowest BCUT2D eigenvalue weighted by molar-refractivity contribution is 0.102. The van der Waals surface area contributed by atoms with E-state index in [1.807, 2.05) is 39.0 Å². The SMILES string of the molecule is Cc1cc(C)n2nc(SCC(=O)c3ccc(C)s3)nc2n1. The summed E-state index contributed by atoms with van der Waals surface area (Å²) in [6, 6.07) is 5.78. The molecule has 0 spiro atoms. The first-order valence-electron chi connectivity index (χ1n) is 6.46. The average Bonchev–Trinajstić information content (AvgIpc) is 3.02. The van der Waals surface area contributed by atoms with E-state index < -0.39 is 0 Å². The molecular formula is C14H14N4OS2. The molecule has 0 aliphatic rings. The van der Waals surface area contributed by atoms with Crippen molar-refractivity contribution in [2.24, 2.45) is 0 Å². The lowest BCUT2D eigenvalue weighted by Gasteiger charge is -1.97. The zero-order valence-electron chi connectivity index (χ0n) is 12.0. The predicted molar refractivity (Wildman–Crippen MR) is 84.4 cm³/mol. The first-order valence-corrected chi connectivity index (χ1v) is 8.26. The summed E-state index contributed by atoms with van der Waals surface area (Å²) in [6.07, 6.45) is 0. The van der Waals surface area contributed by atoms with E-state index in [-0.39, 0.29) is 5.78 Å². The summed E-state index contributed by atoms with van der Waals surface area (Å²) < 4.78 is 1.70. The van der Waals surface area contributed by atoms with Crippen molar-refractivity contribution in [2.75, 3.05) is 5.75 Å². The smallest absolute Gasteiger partial charge is 0.253 e. The molecule has 0 aromatic carbocycles. The van der Waals surface area contributed by atoms with Gasteiger partial charge >= 0.3 is 0 Å². The normalized spacial score (nSPS) is 11.2. The van der Waals surface area contributed by atoms with Crippen molar-refractivity contribution in [1.82, 2.24) is 19.6 Å². The number of rotatable bonds is 4. The van der Waals surface area contributed by atoms with Crippen LogP contribution in [0.1, 0.15) is 25.9 Å². The van der Waals surface area contributed by atoms with Crippen LogP contribution in [0.15, 0.2) is 23.4 Å². The maximum absolute atomic E-state index is 12.1. The first-order chi connectivity index (χ1) is 10.0. The Hall–Kier alpha value is -1.73. The lowest BCUT2D eigenvalue weighted by atomic mass is 10.3. The highest BCUT2D eigenvalue weighted by Crippen LogP contribution is 2.20. The van der Waals surface area contributed by atoms with Gasteiger partial charge in [0.25, 0.3) is 5.78 Å². The molecule has 0 amide bonds. The summed E-state index contributed by atoms with van der Waals surface area (Å²) in [5.41, 5.74) is 1.89. The second-order valence-electron chi connectivity index (χ2n) is 4.77. The number of thiophene rings is 1. The van der Waals surface area contributed by atoms with Crippen molar-refractivity contribution in [1.29, 1.82) is 0 Å². The summed E-state index contributed by atoms with van der Waals surface area (Å²) in [7, 11) is 0. The number of hydrogen-bond acceptors (Lipinski definition) is 6. The second kappa shape index (κ2) is 5.57. The Kier molecular flexibility index (Phi) is 3.77. The fourth-order valence-electron chi connectivity index (χ4n) is 1.99. The summed E-state index contributed by atoms with van der Waals surface area (Å²) in [5, 5.41) is 4.96. The lowest BCUT2D eigenvalue weighted by Crippen LogP contribution is -2.00. The van der Waals surface area contributed by atoms with Gasteiger partial charge in [-0.25, -0.2) is 9.50 Å². The Morgan fingerprint density at radius 2 is 2.10 bits per heavy atom. The summed E-state index contributed by atoms with van der Waals surface area (Å²) >= 11 is 2.87. The summed E-state index contributed by atoms with van der Waals surface area (Å²) in [4.78, 5) is 22.7. The van der Waals surface area contributed by atoms with E-state index in [4.69, 9.17) is 0 Å². The molecule has 0 radical (unpaired) electrons. The van der Waals surface area contributed by atoms with Crippen molar-refractivity contribution >= 4 is 34.7 Å². The van der Waals surface area contributed by atoms with Crippen LogP contribution in [0, 0.1) is 20.8 Å². The third-order valence-electron chi connectivity index (χ3n) is 2.95. The first kappa shape index (κ1) is 14.2. The van der Waals surface area contributed by atoms with Gasteiger partial charge in [-0.15, -0.1) is 16.4 Å². The fraction of sp³-hybridized carbons (Fsp3) is 0.286. The van der Waals surface area contributed by atoms with Crippen LogP contribution >= 0.6 is 23.1 Å². The molecule has 0 fully saturated rings. The molecule has 0 N–H and O–H groups in total. The van der Waals surface area contributed by atoms with Crippen LogP contribution in [-0.4, -0.2) is 31.1 Å². The number of hydrogen-bond donors (Lipinski definition) is 0. The number of carbonyl (C=O) groups excluding carboxylic acids is 1. The molecule has 0 aliphatic heterocycles. The highest BCUT2D eigenvalue weighted by Gasteiger charge is 2.12. The van der Waals surface area contributed by atoms with Crippen LogP contribution in [0.25, 0.3) is 5.78 Å². The van der Waals surface area contributed by atoms with Crippen molar-refractivity contribution in [3.8, 4) is 0 Å². The monoisotopic (exact) mass is 318 g/mol. The molecule has 0 bridgehead atoms. The van der Waals surface area contributed by atoms with E-state index in [1.54, 1.807) is 4.52 Å². The van der Waals surface area contributed by atoms with E-state index >= 15 is 0 Å². The number of aryl methyl sites for hydroxylation is 3. The van der Waals surface area contributed by atoms with E-state index in [2.05, 4.69) is 15.1 Å². The molecule has 0 unspecified atom stereocenters. The summed E-state index contributed by atoms with van der Waals surface area (Å²) in [5.74, 6) is 1.03. The average molecular weight is 318 g/mol. The molecule has 0 saturated carbocycles. The maximum Gasteiger partial charge on any atom is 0.253 e. The Bertz CT molecular complexity index is 822. The van der Waals surface area contributed by atoms with Crippen LogP contribution in [0.3, 0.4) is 0 Å². The van der Waals surface area contributed by atoms with Gasteiger partial charge in [-0.3, -0.25) is 4.79 Å². The number of fused-ring (bicyclic) bond motifs is 1. The van der Waals surface area contributed by atoms with Gasteiger partial charge < -0.3 is 0 Å². The largest absolute Gasteiger partial charge is 0.292 e. The van der Waals surface area contributed by atoms with Crippen molar-refractivity contribution in [3.05, 3.63) is 39.3 Å². The van der Waals surface area contributed by atoms with Crippen molar-refractivity contribution < 1.29 is 4.79 Å². The van der Waals surface area contributed by atoms with Crippen molar-refractivity contribution in [2.45, 2.75) is 25.9 Å². The number of aromatic nitrogens is 4. The second-order valence-corrected chi connectivity index (χ2v) is 7.00. The van der Waals surface area contributed by atoms with Gasteiger partial charge in [-0.1, -0.05) is 11.8 Å². The van der Waals surface area contributed by atoms with Crippen LogP contribution < -0.4 is 0 Å². The zero-order chi connectivity index (χ0) is 15.0. The highest BCUT2D eigenvalue weighted by molar-refractivity contribution is 7.99. The van der Waals surface area contributed by atoms with Gasteiger partial charge in [-0.05, 0) is 39.0 Å². The van der Waals surface area contributed by atoms with Gasteiger partial charge in [0, 0.05) is 16.3 Å². The molecule has 0 atom stereocenters. The minimum absolute atomic E-state index is 0.109. The van der Waals surface area contributed by atoms with Gasteiger partial charge in [0.1, 0.15) is 0 Å². The molecule has 3 heterocycles. The third kappa shape index (κ3) is 2.98. The standard InChI is InChI=1S/C14H14N4OS2/c1-8-6-9(2)18-13(15-8)16-14(17-18)20-7-11(19)12-5-4-10(3)21-12/h4-6H,7H2,1-3H3. The van der Waals surface area contributed by atoms with Crippen LogP contribution in [0.2, 0.25) is 0 Å². The van der Waals surface area contributed by atoms with E-state index in [9.17, 15) is 4.79 Å². The predicted octanol–water partition coefficient (Wildman–Crippen LogP) is 3.09. The van der Waals surface area contributed by atoms with Crippen LogP contribution in [0.5, 0.6) is 0 Å². The molecular weight excluding hydrogens is 304 g/mol. The Morgan fingerprint density at radius 1 is 1.29 bits per heavy atom. The topological polar surface area (TPSA) is 60.2 Å². The maximum atomic E-state index is 12.1. The number of carbonyl (C=O) groups is 1. The molecule has 0 saturated heterocycles. The van der Waals surface area contributed by atoms with Crippen molar-refractivity contribution in [3.63, 3.8) is 0 Å². The Morgan fingerprint density at radius 3 is 2.81 bits per heavy atom. The number of ketones is 1. The van der Waals surface area contributed by atoms with Gasteiger partial charge in [0.2, 0.25) is 5.16 Å². The van der Waals surface area contributed by atoms with Gasteiger partial charge in [0.05, 0.1) is 10.6 Å². The van der Waals surface area contributed by atoms with Gasteiger partial charge in [-0.2, -0.15) is 4.98 Å². The van der Waals surface area contributed by atoms with E-state index in [1.165, 1.54) is 23.1 Å². The molecule has 3 aromatic rings. The van der Waals surface area contributed by atoms with E-state index in [0.717, 1.165) is 21.1 Å².